The van der Waals surface area contributed by atoms with Crippen molar-refractivity contribution >= 4 is 29.9 Å². The Morgan fingerprint density at radius 3 is 2.44 bits per heavy atom. The van der Waals surface area contributed by atoms with E-state index in [4.69, 9.17) is 4.74 Å². The number of para-hydroxylation sites is 1. The third-order valence-corrected chi connectivity index (χ3v) is 4.20. The van der Waals surface area contributed by atoms with Crippen LogP contribution in [0.3, 0.4) is 0 Å². The van der Waals surface area contributed by atoms with Gasteiger partial charge in [-0.25, -0.2) is 0 Å². The third-order valence-electron chi connectivity index (χ3n) is 4.20. The van der Waals surface area contributed by atoms with E-state index in [9.17, 15) is 5.11 Å². The Balaban J connectivity index is 0.00000364. The van der Waals surface area contributed by atoms with E-state index >= 15 is 0 Å². The predicted octanol–water partition coefficient (Wildman–Crippen LogP) is 3.32. The van der Waals surface area contributed by atoms with E-state index in [0.29, 0.717) is 13.2 Å². The van der Waals surface area contributed by atoms with Gasteiger partial charge in [-0.15, -0.1) is 24.0 Å². The third kappa shape index (κ3) is 8.17. The van der Waals surface area contributed by atoms with Crippen LogP contribution in [0.4, 0.5) is 0 Å². The highest BCUT2D eigenvalue weighted by Crippen LogP contribution is 2.16. The number of ether oxygens (including phenoxy) is 1. The van der Waals surface area contributed by atoms with Gasteiger partial charge in [0, 0.05) is 26.1 Å². The van der Waals surface area contributed by atoms with Crippen LogP contribution >= 0.6 is 24.0 Å². The highest BCUT2D eigenvalue weighted by Gasteiger charge is 2.10. The number of aliphatic hydroxyl groups excluding tert-OH is 1. The van der Waals surface area contributed by atoms with Gasteiger partial charge in [-0.2, -0.15) is 0 Å². The van der Waals surface area contributed by atoms with Crippen molar-refractivity contribution in [3.63, 3.8) is 0 Å². The molecule has 0 saturated heterocycles. The van der Waals surface area contributed by atoms with Gasteiger partial charge in [0.25, 0.3) is 0 Å². The number of guanidine groups is 1. The molecule has 0 aliphatic heterocycles. The van der Waals surface area contributed by atoms with Crippen molar-refractivity contribution in [3.05, 3.63) is 65.7 Å². The normalized spacial score (nSPS) is 12.0. The van der Waals surface area contributed by atoms with Crippen molar-refractivity contribution in [2.75, 3.05) is 33.4 Å². The van der Waals surface area contributed by atoms with Gasteiger partial charge in [0.15, 0.2) is 5.96 Å². The molecule has 5 nitrogen and oxygen atoms in total. The van der Waals surface area contributed by atoms with Crippen LogP contribution in [0, 0.1) is 6.92 Å². The van der Waals surface area contributed by atoms with Crippen LogP contribution < -0.4 is 15.4 Å². The first-order valence-corrected chi connectivity index (χ1v) is 9.03. The molecule has 2 aromatic rings. The van der Waals surface area contributed by atoms with Gasteiger partial charge >= 0.3 is 0 Å². The average Bonchev–Trinajstić information content (AvgIpc) is 2.68. The fourth-order valence-corrected chi connectivity index (χ4v) is 2.63. The van der Waals surface area contributed by atoms with Crippen molar-refractivity contribution in [1.82, 2.24) is 10.6 Å². The minimum atomic E-state index is 0. The molecule has 0 bridgehead atoms. The smallest absolute Gasteiger partial charge is 0.191 e. The molecule has 0 saturated carbocycles. The number of hydrogen-bond acceptors (Lipinski definition) is 3. The summed E-state index contributed by atoms with van der Waals surface area (Å²) in [5, 5.41) is 16.2. The van der Waals surface area contributed by atoms with E-state index in [2.05, 4.69) is 15.6 Å². The number of aliphatic imine (C=N–C) groups is 1. The summed E-state index contributed by atoms with van der Waals surface area (Å²) < 4.78 is 5.79. The molecule has 0 aromatic heterocycles. The summed E-state index contributed by atoms with van der Waals surface area (Å²) in [5.74, 6) is 1.71. The van der Waals surface area contributed by atoms with E-state index in [0.717, 1.165) is 35.8 Å². The zero-order valence-corrected chi connectivity index (χ0v) is 18.4. The standard InChI is InChI=1S/C21H29N3O2.HI/c1-17-9-6-7-12-20(17)26-14-8-13-23-21(22-2)24-15-19(16-25)18-10-4-3-5-11-18;/h3-7,9-12,19,25H,8,13-16H2,1-2H3,(H2,22,23,24);1H. The molecular formula is C21H30IN3O2. The van der Waals surface area contributed by atoms with Crippen molar-refractivity contribution in [3.8, 4) is 5.75 Å². The maximum atomic E-state index is 9.62. The molecule has 6 heteroatoms. The molecule has 2 rings (SSSR count). The van der Waals surface area contributed by atoms with Crippen LogP contribution in [0.2, 0.25) is 0 Å². The summed E-state index contributed by atoms with van der Waals surface area (Å²) in [6.07, 6.45) is 0.872. The number of rotatable bonds is 9. The lowest BCUT2D eigenvalue weighted by molar-refractivity contribution is 0.265. The Kier molecular flexibility index (Phi) is 11.5. The number of aryl methyl sites for hydroxylation is 1. The van der Waals surface area contributed by atoms with Crippen LogP contribution in [-0.2, 0) is 0 Å². The second-order valence-electron chi connectivity index (χ2n) is 6.14. The molecule has 2 aromatic carbocycles. The fraction of sp³-hybridized carbons (Fsp3) is 0.381. The zero-order chi connectivity index (χ0) is 18.6. The van der Waals surface area contributed by atoms with Gasteiger partial charge in [-0.1, -0.05) is 48.5 Å². The highest BCUT2D eigenvalue weighted by atomic mass is 127. The number of hydrogen-bond donors (Lipinski definition) is 3. The van der Waals surface area contributed by atoms with Gasteiger partial charge < -0.3 is 20.5 Å². The quantitative estimate of drug-likeness (QED) is 0.222. The first-order valence-electron chi connectivity index (χ1n) is 9.03. The largest absolute Gasteiger partial charge is 0.493 e. The highest BCUT2D eigenvalue weighted by molar-refractivity contribution is 14.0. The molecule has 1 unspecified atom stereocenters. The molecule has 0 aliphatic rings. The van der Waals surface area contributed by atoms with Gasteiger partial charge in [0.05, 0.1) is 13.2 Å². The van der Waals surface area contributed by atoms with Crippen molar-refractivity contribution < 1.29 is 9.84 Å². The van der Waals surface area contributed by atoms with Crippen LogP contribution in [0.5, 0.6) is 5.75 Å². The van der Waals surface area contributed by atoms with Gasteiger partial charge in [0.1, 0.15) is 5.75 Å². The van der Waals surface area contributed by atoms with E-state index in [1.165, 1.54) is 0 Å². The summed E-state index contributed by atoms with van der Waals surface area (Å²) in [7, 11) is 1.75. The summed E-state index contributed by atoms with van der Waals surface area (Å²) in [6.45, 7) is 4.18. The minimum absolute atomic E-state index is 0. The summed E-state index contributed by atoms with van der Waals surface area (Å²) in [4.78, 5) is 4.23. The SMILES string of the molecule is CN=C(NCCCOc1ccccc1C)NCC(CO)c1ccccc1.I. The lowest BCUT2D eigenvalue weighted by Gasteiger charge is -2.18. The number of aliphatic hydroxyl groups is 1. The topological polar surface area (TPSA) is 65.9 Å². The maximum Gasteiger partial charge on any atom is 0.191 e. The van der Waals surface area contributed by atoms with Crippen LogP contribution in [-0.4, -0.2) is 44.4 Å². The Bertz CT molecular complexity index is 680. The summed E-state index contributed by atoms with van der Waals surface area (Å²) in [5.41, 5.74) is 2.26. The number of nitrogens with one attached hydrogen (secondary N) is 2. The molecule has 27 heavy (non-hydrogen) atoms. The van der Waals surface area contributed by atoms with E-state index in [1.807, 2.05) is 61.5 Å². The molecule has 3 N–H and O–H groups in total. The molecule has 0 amide bonds. The zero-order valence-electron chi connectivity index (χ0n) is 16.0. The first-order chi connectivity index (χ1) is 12.7. The van der Waals surface area contributed by atoms with Crippen LogP contribution in [0.15, 0.2) is 59.6 Å². The Hall–Kier alpha value is -1.80. The lowest BCUT2D eigenvalue weighted by Crippen LogP contribution is -2.40. The molecule has 148 valence electrons. The minimum Gasteiger partial charge on any atom is -0.493 e. The number of halogens is 1. The lowest BCUT2D eigenvalue weighted by atomic mass is 10.0. The molecular weight excluding hydrogens is 453 g/mol. The Morgan fingerprint density at radius 2 is 1.78 bits per heavy atom. The molecule has 1 atom stereocenters. The van der Waals surface area contributed by atoms with Crippen molar-refractivity contribution in [2.24, 2.45) is 4.99 Å². The molecule has 0 spiro atoms. The predicted molar refractivity (Wildman–Crippen MR) is 122 cm³/mol. The summed E-state index contributed by atoms with van der Waals surface area (Å²) >= 11 is 0. The second kappa shape index (κ2) is 13.4. The molecule has 0 radical (unpaired) electrons. The van der Waals surface area contributed by atoms with Crippen molar-refractivity contribution in [1.29, 1.82) is 0 Å². The average molecular weight is 483 g/mol. The van der Waals surface area contributed by atoms with Gasteiger partial charge in [-0.3, -0.25) is 4.99 Å². The Labute approximate surface area is 179 Å². The van der Waals surface area contributed by atoms with Gasteiger partial charge in [-0.05, 0) is 30.5 Å². The van der Waals surface area contributed by atoms with E-state index in [-0.39, 0.29) is 36.5 Å². The molecule has 0 fully saturated rings. The van der Waals surface area contributed by atoms with Crippen molar-refractivity contribution in [2.45, 2.75) is 19.3 Å². The maximum absolute atomic E-state index is 9.62. The second-order valence-corrected chi connectivity index (χ2v) is 6.14. The van der Waals surface area contributed by atoms with E-state index in [1.54, 1.807) is 7.05 Å². The summed E-state index contributed by atoms with van der Waals surface area (Å²) in [6, 6.07) is 18.0. The number of nitrogens with zero attached hydrogens (tertiary/aromatic N) is 1. The van der Waals surface area contributed by atoms with Gasteiger partial charge in [0.2, 0.25) is 0 Å². The van der Waals surface area contributed by atoms with Crippen LogP contribution in [0.1, 0.15) is 23.5 Å². The van der Waals surface area contributed by atoms with Crippen LogP contribution in [0.25, 0.3) is 0 Å². The van der Waals surface area contributed by atoms with E-state index < -0.39 is 0 Å². The fourth-order valence-electron chi connectivity index (χ4n) is 2.63. The Morgan fingerprint density at radius 1 is 1.07 bits per heavy atom. The molecule has 0 heterocycles. The monoisotopic (exact) mass is 483 g/mol. The number of benzene rings is 2. The molecule has 0 aliphatic carbocycles. The first kappa shape index (κ1) is 23.2.